The Morgan fingerprint density at radius 3 is 2.62 bits per heavy atom. The zero-order valence-electron chi connectivity index (χ0n) is 5.65. The summed E-state index contributed by atoms with van der Waals surface area (Å²) in [6.07, 6.45) is 6.37. The summed E-state index contributed by atoms with van der Waals surface area (Å²) in [4.78, 5) is 0. The van der Waals surface area contributed by atoms with Gasteiger partial charge in [-0.15, -0.1) is 0 Å². The smallest absolute Gasteiger partial charge is 0.0350 e. The van der Waals surface area contributed by atoms with Crippen LogP contribution in [0, 0.1) is 6.58 Å². The highest BCUT2D eigenvalue weighted by Gasteiger charge is 1.72. The molecule has 1 radical (unpaired) electrons. The van der Waals surface area contributed by atoms with Gasteiger partial charge < -0.3 is 0 Å². The minimum absolute atomic E-state index is 0.887. The molecule has 0 saturated carbocycles. The summed E-state index contributed by atoms with van der Waals surface area (Å²) in [6, 6.07) is 0. The zero-order valence-corrected chi connectivity index (χ0v) is 5.65. The lowest BCUT2D eigenvalue weighted by Gasteiger charge is -1.83. The first-order chi connectivity index (χ1) is 3.77. The average molecular weight is 109 g/mol. The molecule has 0 saturated heterocycles. The summed E-state index contributed by atoms with van der Waals surface area (Å²) in [5.41, 5.74) is 0.887. The first kappa shape index (κ1) is 7.48. The second kappa shape index (κ2) is 4.63. The Morgan fingerprint density at radius 2 is 2.25 bits per heavy atom. The molecule has 0 bridgehead atoms. The van der Waals surface area contributed by atoms with Gasteiger partial charge in [-0.3, -0.25) is 0 Å². The molecule has 0 aromatic rings. The Balaban J connectivity index is 3.20. The van der Waals surface area contributed by atoms with Crippen LogP contribution >= 0.6 is 0 Å². The normalized spacial score (nSPS) is 10.2. The quantitative estimate of drug-likeness (QED) is 0.489. The van der Waals surface area contributed by atoms with Gasteiger partial charge in [0.15, 0.2) is 0 Å². The maximum absolute atomic E-state index is 5.36. The van der Waals surface area contributed by atoms with E-state index in [2.05, 4.69) is 13.0 Å². The molecule has 0 spiro atoms. The van der Waals surface area contributed by atoms with Crippen LogP contribution in [0.15, 0.2) is 17.7 Å². The fraction of sp³-hybridized carbons (Fsp3) is 0.500. The van der Waals surface area contributed by atoms with E-state index in [-0.39, 0.29) is 0 Å². The van der Waals surface area contributed by atoms with Crippen LogP contribution < -0.4 is 0 Å². The van der Waals surface area contributed by atoms with E-state index in [1.165, 1.54) is 6.42 Å². The van der Waals surface area contributed by atoms with E-state index in [0.29, 0.717) is 0 Å². The number of hydrogen-bond donors (Lipinski definition) is 0. The molecule has 45 valence electrons. The van der Waals surface area contributed by atoms with Crippen LogP contribution in [-0.2, 0) is 0 Å². The highest BCUT2D eigenvalue weighted by molar-refractivity contribution is 5.08. The molecule has 0 atom stereocenters. The molecule has 0 heterocycles. The predicted octanol–water partition coefficient (Wildman–Crippen LogP) is 2.72. The van der Waals surface area contributed by atoms with Gasteiger partial charge >= 0.3 is 0 Å². The fourth-order valence-corrected chi connectivity index (χ4v) is 0.436. The topological polar surface area (TPSA) is 0 Å². The van der Waals surface area contributed by atoms with Crippen LogP contribution in [0.1, 0.15) is 26.7 Å². The van der Waals surface area contributed by atoms with Crippen LogP contribution in [0.2, 0.25) is 0 Å². The van der Waals surface area contributed by atoms with Gasteiger partial charge in [-0.2, -0.15) is 0 Å². The molecule has 0 fully saturated rings. The number of allylic oxidation sites excluding steroid dienone is 3. The van der Waals surface area contributed by atoms with Crippen LogP contribution in [0.5, 0.6) is 0 Å². The molecule has 0 amide bonds. The van der Waals surface area contributed by atoms with Crippen molar-refractivity contribution < 1.29 is 0 Å². The van der Waals surface area contributed by atoms with E-state index in [1.54, 1.807) is 0 Å². The van der Waals surface area contributed by atoms with Crippen molar-refractivity contribution in [1.29, 1.82) is 0 Å². The lowest BCUT2D eigenvalue weighted by atomic mass is 10.2. The van der Waals surface area contributed by atoms with E-state index < -0.39 is 0 Å². The molecule has 0 aromatic heterocycles. The maximum Gasteiger partial charge on any atom is -0.0350 e. The summed E-state index contributed by atoms with van der Waals surface area (Å²) < 4.78 is 0. The van der Waals surface area contributed by atoms with E-state index in [9.17, 15) is 0 Å². The van der Waals surface area contributed by atoms with E-state index in [1.807, 2.05) is 13.0 Å². The summed E-state index contributed by atoms with van der Waals surface area (Å²) >= 11 is 0. The van der Waals surface area contributed by atoms with Gasteiger partial charge in [-0.05, 0) is 13.3 Å². The largest absolute Gasteiger partial charge is 0.0843 e. The van der Waals surface area contributed by atoms with E-state index in [0.717, 1.165) is 12.0 Å². The third-order valence-electron chi connectivity index (χ3n) is 0.836. The fourth-order valence-electron chi connectivity index (χ4n) is 0.436. The van der Waals surface area contributed by atoms with Crippen molar-refractivity contribution >= 4 is 0 Å². The van der Waals surface area contributed by atoms with Gasteiger partial charge in [0, 0.05) is 0 Å². The van der Waals surface area contributed by atoms with Crippen LogP contribution in [0.3, 0.4) is 0 Å². The van der Waals surface area contributed by atoms with Crippen LogP contribution in [0.25, 0.3) is 0 Å². The van der Waals surface area contributed by atoms with Crippen LogP contribution in [0.4, 0.5) is 0 Å². The molecule has 0 aliphatic rings. The van der Waals surface area contributed by atoms with Gasteiger partial charge in [0.1, 0.15) is 0 Å². The average Bonchev–Trinajstić information content (AvgIpc) is 1.66. The number of hydrogen-bond acceptors (Lipinski definition) is 0. The lowest BCUT2D eigenvalue weighted by Crippen LogP contribution is -1.62. The summed E-state index contributed by atoms with van der Waals surface area (Å²) in [5, 5.41) is 0. The zero-order chi connectivity index (χ0) is 6.41. The molecule has 0 aromatic carbocycles. The molecule has 0 aliphatic heterocycles. The molecule has 0 aliphatic carbocycles. The Hall–Kier alpha value is -0.520. The van der Waals surface area contributed by atoms with Crippen molar-refractivity contribution in [1.82, 2.24) is 0 Å². The van der Waals surface area contributed by atoms with Gasteiger partial charge in [-0.1, -0.05) is 37.6 Å². The molecule has 0 unspecified atom stereocenters. The van der Waals surface area contributed by atoms with Crippen molar-refractivity contribution in [3.05, 3.63) is 24.3 Å². The number of rotatable bonds is 3. The summed E-state index contributed by atoms with van der Waals surface area (Å²) in [5.74, 6) is 0. The van der Waals surface area contributed by atoms with E-state index >= 15 is 0 Å². The molecule has 0 heteroatoms. The van der Waals surface area contributed by atoms with Crippen molar-refractivity contribution in [2.75, 3.05) is 0 Å². The summed E-state index contributed by atoms with van der Waals surface area (Å²) in [6.45, 7) is 9.41. The first-order valence-corrected chi connectivity index (χ1v) is 3.03. The second-order valence-corrected chi connectivity index (χ2v) is 1.94. The minimum Gasteiger partial charge on any atom is -0.0843 e. The molecular formula is C8H13. The van der Waals surface area contributed by atoms with Crippen molar-refractivity contribution in [2.45, 2.75) is 26.7 Å². The Morgan fingerprint density at radius 1 is 1.62 bits per heavy atom. The molecule has 0 rings (SSSR count). The predicted molar refractivity (Wildman–Crippen MR) is 37.5 cm³/mol. The highest BCUT2D eigenvalue weighted by Crippen LogP contribution is 1.93. The van der Waals surface area contributed by atoms with E-state index in [4.69, 9.17) is 6.58 Å². The maximum atomic E-state index is 5.36. The Labute approximate surface area is 51.9 Å². The van der Waals surface area contributed by atoms with Crippen molar-refractivity contribution in [3.8, 4) is 0 Å². The van der Waals surface area contributed by atoms with Gasteiger partial charge in [0.25, 0.3) is 0 Å². The van der Waals surface area contributed by atoms with Gasteiger partial charge in [0.05, 0.1) is 0 Å². The third kappa shape index (κ3) is 5.48. The molecule has 0 N–H and O–H groups in total. The molecule has 0 nitrogen and oxygen atoms in total. The molecular weight excluding hydrogens is 96.1 g/mol. The van der Waals surface area contributed by atoms with Crippen molar-refractivity contribution in [2.24, 2.45) is 0 Å². The SMILES string of the molecule is [CH]=C(C)C=CCCC. The monoisotopic (exact) mass is 109 g/mol. The van der Waals surface area contributed by atoms with Gasteiger partial charge in [-0.25, -0.2) is 0 Å². The lowest BCUT2D eigenvalue weighted by molar-refractivity contribution is 0.957. The van der Waals surface area contributed by atoms with Crippen molar-refractivity contribution in [3.63, 3.8) is 0 Å². The summed E-state index contributed by atoms with van der Waals surface area (Å²) in [7, 11) is 0. The Bertz CT molecular complexity index is 88.2. The number of unbranched alkanes of at least 4 members (excludes halogenated alkanes) is 1. The highest BCUT2D eigenvalue weighted by atomic mass is 13.8. The second-order valence-electron chi connectivity index (χ2n) is 1.94. The molecule has 8 heavy (non-hydrogen) atoms. The third-order valence-corrected chi connectivity index (χ3v) is 0.836. The first-order valence-electron chi connectivity index (χ1n) is 3.03. The standard InChI is InChI=1S/C8H13/c1-4-5-6-7-8(2)3/h2,6-7H,4-5H2,1,3H3. The van der Waals surface area contributed by atoms with Gasteiger partial charge in [0.2, 0.25) is 0 Å². The Kier molecular flexibility index (Phi) is 4.33. The minimum atomic E-state index is 0.887. The van der Waals surface area contributed by atoms with Crippen LogP contribution in [-0.4, -0.2) is 0 Å².